The van der Waals surface area contributed by atoms with E-state index in [0.717, 1.165) is 17.8 Å². The highest BCUT2D eigenvalue weighted by Crippen LogP contribution is 2.34. The Kier molecular flexibility index (Phi) is 5.41. The Hall–Kier alpha value is -0.910. The first-order valence-corrected chi connectivity index (χ1v) is 8.04. The van der Waals surface area contributed by atoms with Crippen LogP contribution in [0, 0.1) is 5.82 Å². The summed E-state index contributed by atoms with van der Waals surface area (Å²) >= 11 is 9.66. The van der Waals surface area contributed by atoms with Crippen LogP contribution in [0.1, 0.15) is 44.1 Å². The first-order chi connectivity index (χ1) is 9.97. The summed E-state index contributed by atoms with van der Waals surface area (Å²) in [6.45, 7) is 6.81. The topological polar surface area (TPSA) is 29.9 Å². The third kappa shape index (κ3) is 3.30. The van der Waals surface area contributed by atoms with Gasteiger partial charge in [-0.25, -0.2) is 4.39 Å². The highest BCUT2D eigenvalue weighted by Gasteiger charge is 2.25. The molecule has 6 heteroatoms. The van der Waals surface area contributed by atoms with Gasteiger partial charge in [0.05, 0.1) is 27.4 Å². The van der Waals surface area contributed by atoms with E-state index in [1.165, 1.54) is 6.07 Å². The molecule has 21 heavy (non-hydrogen) atoms. The lowest BCUT2D eigenvalue weighted by molar-refractivity contribution is 0.474. The van der Waals surface area contributed by atoms with Crippen LogP contribution in [0.3, 0.4) is 0 Å². The van der Waals surface area contributed by atoms with Crippen molar-refractivity contribution in [2.45, 2.75) is 32.9 Å². The average Bonchev–Trinajstić information content (AvgIpc) is 2.82. The zero-order valence-corrected chi connectivity index (χ0v) is 14.5. The van der Waals surface area contributed by atoms with Gasteiger partial charge in [-0.15, -0.1) is 0 Å². The summed E-state index contributed by atoms with van der Waals surface area (Å²) in [5, 5.41) is 8.27. The summed E-state index contributed by atoms with van der Waals surface area (Å²) in [5.41, 5.74) is 1.65. The third-order valence-electron chi connectivity index (χ3n) is 3.25. The molecule has 1 N–H and O–H groups in total. The van der Waals surface area contributed by atoms with Crippen LogP contribution in [-0.4, -0.2) is 16.3 Å². The largest absolute Gasteiger partial charge is 0.305 e. The minimum absolute atomic E-state index is 0.168. The number of hydrogen-bond acceptors (Lipinski definition) is 2. The van der Waals surface area contributed by atoms with Crippen molar-refractivity contribution in [3.05, 3.63) is 51.0 Å². The second-order valence-electron chi connectivity index (χ2n) is 5.05. The van der Waals surface area contributed by atoms with E-state index in [0.29, 0.717) is 9.50 Å². The van der Waals surface area contributed by atoms with Gasteiger partial charge in [0.1, 0.15) is 5.82 Å². The highest BCUT2D eigenvalue weighted by atomic mass is 79.9. The van der Waals surface area contributed by atoms with Crippen molar-refractivity contribution < 1.29 is 4.39 Å². The highest BCUT2D eigenvalue weighted by molar-refractivity contribution is 9.10. The molecule has 1 aromatic heterocycles. The van der Waals surface area contributed by atoms with Gasteiger partial charge in [-0.1, -0.05) is 30.7 Å². The second kappa shape index (κ2) is 6.90. The van der Waals surface area contributed by atoms with E-state index in [1.807, 2.05) is 31.5 Å². The molecule has 0 aliphatic heterocycles. The molecule has 0 aliphatic rings. The lowest BCUT2D eigenvalue weighted by atomic mass is 10.0. The minimum Gasteiger partial charge on any atom is -0.305 e. The van der Waals surface area contributed by atoms with Crippen LogP contribution in [0.15, 0.2) is 28.9 Å². The van der Waals surface area contributed by atoms with Gasteiger partial charge in [0.15, 0.2) is 0 Å². The summed E-state index contributed by atoms with van der Waals surface area (Å²) in [6.07, 6.45) is 1.63. The molecule has 1 atom stereocenters. The molecule has 0 spiro atoms. The first-order valence-electron chi connectivity index (χ1n) is 6.87. The van der Waals surface area contributed by atoms with Crippen LogP contribution < -0.4 is 5.32 Å². The lowest BCUT2D eigenvalue weighted by Gasteiger charge is -2.23. The predicted molar refractivity (Wildman–Crippen MR) is 87.2 cm³/mol. The second-order valence-corrected chi connectivity index (χ2v) is 6.25. The van der Waals surface area contributed by atoms with Crippen molar-refractivity contribution in [2.75, 3.05) is 6.54 Å². The van der Waals surface area contributed by atoms with Crippen molar-refractivity contribution in [3.63, 3.8) is 0 Å². The molecular weight excluding hydrogens is 357 g/mol. The number of benzene rings is 1. The molecule has 0 saturated carbocycles. The van der Waals surface area contributed by atoms with Gasteiger partial charge in [0, 0.05) is 6.04 Å². The fraction of sp³-hybridized carbons (Fsp3) is 0.400. The van der Waals surface area contributed by atoms with Gasteiger partial charge >= 0.3 is 0 Å². The van der Waals surface area contributed by atoms with E-state index in [9.17, 15) is 4.39 Å². The van der Waals surface area contributed by atoms with E-state index in [4.69, 9.17) is 11.6 Å². The maximum absolute atomic E-state index is 13.9. The number of rotatable bonds is 5. The summed E-state index contributed by atoms with van der Waals surface area (Å²) < 4.78 is 16.2. The third-order valence-corrected chi connectivity index (χ3v) is 4.38. The van der Waals surface area contributed by atoms with Gasteiger partial charge in [-0.3, -0.25) is 4.68 Å². The Morgan fingerprint density at radius 2 is 2.14 bits per heavy atom. The van der Waals surface area contributed by atoms with Gasteiger partial charge in [0.25, 0.3) is 0 Å². The standard InChI is InChI=1S/C15H18BrClFN3/c1-4-19-14(10-6-5-7-12(18)13(10)16)15-11(17)8-20-21(15)9(2)3/h5-9,14,19H,4H2,1-3H3. The zero-order chi connectivity index (χ0) is 15.6. The predicted octanol–water partition coefficient (Wildman–Crippen LogP) is 4.72. The van der Waals surface area contributed by atoms with Crippen molar-refractivity contribution in [1.29, 1.82) is 0 Å². The molecule has 2 aromatic rings. The molecule has 3 nitrogen and oxygen atoms in total. The monoisotopic (exact) mass is 373 g/mol. The Bertz CT molecular complexity index is 627. The van der Waals surface area contributed by atoms with Crippen LogP contribution in [0.2, 0.25) is 5.02 Å². The smallest absolute Gasteiger partial charge is 0.137 e. The number of nitrogens with zero attached hydrogens (tertiary/aromatic N) is 2. The number of nitrogens with one attached hydrogen (secondary N) is 1. The van der Waals surface area contributed by atoms with E-state index in [1.54, 1.807) is 12.3 Å². The van der Waals surface area contributed by atoms with E-state index in [2.05, 4.69) is 26.3 Å². The molecule has 0 saturated heterocycles. The molecule has 0 amide bonds. The molecule has 1 aromatic carbocycles. The Morgan fingerprint density at radius 3 is 2.76 bits per heavy atom. The first kappa shape index (κ1) is 16.5. The normalized spacial score (nSPS) is 12.9. The van der Waals surface area contributed by atoms with Crippen LogP contribution in [0.4, 0.5) is 4.39 Å². The molecule has 2 rings (SSSR count). The van der Waals surface area contributed by atoms with Crippen molar-refractivity contribution >= 4 is 27.5 Å². The summed E-state index contributed by atoms with van der Waals surface area (Å²) in [5.74, 6) is -0.290. The molecule has 114 valence electrons. The van der Waals surface area contributed by atoms with E-state index in [-0.39, 0.29) is 17.9 Å². The molecule has 1 heterocycles. The summed E-state index contributed by atoms with van der Waals surface area (Å²) in [4.78, 5) is 0. The van der Waals surface area contributed by atoms with E-state index >= 15 is 0 Å². The molecule has 0 aliphatic carbocycles. The quantitative estimate of drug-likeness (QED) is 0.821. The van der Waals surface area contributed by atoms with Gasteiger partial charge in [0.2, 0.25) is 0 Å². The Labute approximate surface area is 137 Å². The van der Waals surface area contributed by atoms with Gasteiger partial charge in [-0.05, 0) is 48.0 Å². The van der Waals surface area contributed by atoms with Crippen LogP contribution in [0.25, 0.3) is 0 Å². The van der Waals surface area contributed by atoms with Crippen molar-refractivity contribution in [2.24, 2.45) is 0 Å². The van der Waals surface area contributed by atoms with Crippen LogP contribution in [0.5, 0.6) is 0 Å². The zero-order valence-electron chi connectivity index (χ0n) is 12.2. The van der Waals surface area contributed by atoms with Crippen LogP contribution >= 0.6 is 27.5 Å². The lowest BCUT2D eigenvalue weighted by Crippen LogP contribution is -2.26. The number of aromatic nitrogens is 2. The Morgan fingerprint density at radius 1 is 1.43 bits per heavy atom. The molecule has 1 unspecified atom stereocenters. The number of halogens is 3. The fourth-order valence-corrected chi connectivity index (χ4v) is 3.07. The van der Waals surface area contributed by atoms with Gasteiger partial charge in [-0.2, -0.15) is 5.10 Å². The van der Waals surface area contributed by atoms with Crippen molar-refractivity contribution in [3.8, 4) is 0 Å². The average molecular weight is 375 g/mol. The molecule has 0 fully saturated rings. The maximum Gasteiger partial charge on any atom is 0.137 e. The number of hydrogen-bond donors (Lipinski definition) is 1. The fourth-order valence-electron chi connectivity index (χ4n) is 2.33. The Balaban J connectivity index is 2.59. The molecule has 0 bridgehead atoms. The molecule has 0 radical (unpaired) electrons. The minimum atomic E-state index is -0.290. The summed E-state index contributed by atoms with van der Waals surface area (Å²) in [7, 11) is 0. The summed E-state index contributed by atoms with van der Waals surface area (Å²) in [6, 6.07) is 4.95. The van der Waals surface area contributed by atoms with Crippen molar-refractivity contribution in [1.82, 2.24) is 15.1 Å². The SMILES string of the molecule is CCNC(c1cccc(F)c1Br)c1c(Cl)cnn1C(C)C. The van der Waals surface area contributed by atoms with Gasteiger partial charge < -0.3 is 5.32 Å². The van der Waals surface area contributed by atoms with Crippen LogP contribution in [-0.2, 0) is 0 Å². The van der Waals surface area contributed by atoms with E-state index < -0.39 is 0 Å². The molecular formula is C15H18BrClFN3. The maximum atomic E-state index is 13.9.